The maximum atomic E-state index is 12.4. The summed E-state index contributed by atoms with van der Waals surface area (Å²) in [5.74, 6) is 0.753. The van der Waals surface area contributed by atoms with Crippen LogP contribution in [0.2, 0.25) is 0 Å². The van der Waals surface area contributed by atoms with Crippen molar-refractivity contribution in [1.82, 2.24) is 0 Å². The normalized spacial score (nSPS) is 12.4. The first-order chi connectivity index (χ1) is 21.5. The summed E-state index contributed by atoms with van der Waals surface area (Å²) in [7, 11) is 0. The van der Waals surface area contributed by atoms with E-state index in [0.717, 1.165) is 47.2 Å². The summed E-state index contributed by atoms with van der Waals surface area (Å²) in [5.41, 5.74) is 0. The summed E-state index contributed by atoms with van der Waals surface area (Å²) < 4.78 is 35.6. The molecule has 0 aliphatic rings. The van der Waals surface area contributed by atoms with Crippen LogP contribution in [-0.2, 0) is 28.5 Å². The third-order valence-electron chi connectivity index (χ3n) is 6.80. The first-order valence-electron chi connectivity index (χ1n) is 15.5. The van der Waals surface area contributed by atoms with Crippen molar-refractivity contribution < 1.29 is 38.0 Å². The molecular formula is C36H46O8. The van der Waals surface area contributed by atoms with Crippen LogP contribution in [0.15, 0.2) is 73.8 Å². The molecule has 0 heterocycles. The van der Waals surface area contributed by atoms with E-state index in [1.165, 1.54) is 0 Å². The van der Waals surface area contributed by atoms with E-state index in [4.69, 9.17) is 28.4 Å². The quantitative estimate of drug-likeness (QED) is 0.0507. The molecular weight excluding hydrogens is 560 g/mol. The third-order valence-corrected chi connectivity index (χ3v) is 6.80. The molecule has 0 aromatic heterocycles. The molecule has 0 aliphatic heterocycles. The zero-order chi connectivity index (χ0) is 31.6. The molecule has 0 bridgehead atoms. The molecule has 0 fully saturated rings. The summed E-state index contributed by atoms with van der Waals surface area (Å²) in [4.78, 5) is 24.9. The minimum atomic E-state index is -0.591. The van der Waals surface area contributed by atoms with Crippen LogP contribution in [0.3, 0.4) is 0 Å². The SMILES string of the molecule is C=CCOCC(COc1c2ccccc2c(OCC(COCC=C)OC(=O)CCCC)c2ccccc12)OC(=O)CCCC. The molecule has 0 saturated carbocycles. The van der Waals surface area contributed by atoms with Crippen molar-refractivity contribution in [1.29, 1.82) is 0 Å². The molecule has 3 aromatic carbocycles. The molecule has 3 rings (SSSR count). The van der Waals surface area contributed by atoms with Crippen LogP contribution in [-0.4, -0.2) is 63.8 Å². The molecule has 3 aromatic rings. The molecule has 0 spiro atoms. The number of fused-ring (bicyclic) bond motifs is 2. The molecule has 2 atom stereocenters. The van der Waals surface area contributed by atoms with E-state index in [-0.39, 0.29) is 38.4 Å². The van der Waals surface area contributed by atoms with Gasteiger partial charge in [0.25, 0.3) is 0 Å². The van der Waals surface area contributed by atoms with Gasteiger partial charge in [-0.3, -0.25) is 9.59 Å². The highest BCUT2D eigenvalue weighted by molar-refractivity contribution is 6.11. The predicted octanol–water partition coefficient (Wildman–Crippen LogP) is 7.36. The fourth-order valence-corrected chi connectivity index (χ4v) is 4.64. The van der Waals surface area contributed by atoms with Gasteiger partial charge in [-0.15, -0.1) is 13.2 Å². The van der Waals surface area contributed by atoms with Crippen LogP contribution in [0.1, 0.15) is 52.4 Å². The van der Waals surface area contributed by atoms with Crippen molar-refractivity contribution in [3.8, 4) is 11.5 Å². The average molecular weight is 607 g/mol. The minimum absolute atomic E-state index is 0.111. The summed E-state index contributed by atoms with van der Waals surface area (Å²) in [5, 5.41) is 3.35. The van der Waals surface area contributed by atoms with Gasteiger partial charge in [-0.05, 0) is 12.8 Å². The van der Waals surface area contributed by atoms with Gasteiger partial charge in [0.15, 0.2) is 12.2 Å². The number of benzene rings is 3. The Hall–Kier alpha value is -3.88. The van der Waals surface area contributed by atoms with Gasteiger partial charge < -0.3 is 28.4 Å². The van der Waals surface area contributed by atoms with Gasteiger partial charge in [0.2, 0.25) is 0 Å². The summed E-state index contributed by atoms with van der Waals surface area (Å²) in [6.45, 7) is 12.7. The van der Waals surface area contributed by atoms with E-state index in [0.29, 0.717) is 37.6 Å². The number of unbranched alkanes of at least 4 members (excludes halogenated alkanes) is 2. The zero-order valence-corrected chi connectivity index (χ0v) is 26.1. The maximum Gasteiger partial charge on any atom is 0.306 e. The topological polar surface area (TPSA) is 89.5 Å². The maximum absolute atomic E-state index is 12.4. The first-order valence-corrected chi connectivity index (χ1v) is 15.5. The van der Waals surface area contributed by atoms with E-state index in [1.807, 2.05) is 62.4 Å². The lowest BCUT2D eigenvalue weighted by molar-refractivity contribution is -0.154. The molecule has 0 N–H and O–H groups in total. The number of esters is 2. The van der Waals surface area contributed by atoms with Crippen LogP contribution in [0.25, 0.3) is 21.5 Å². The Labute approximate surface area is 260 Å². The van der Waals surface area contributed by atoms with Gasteiger partial charge in [-0.1, -0.05) is 87.4 Å². The van der Waals surface area contributed by atoms with Gasteiger partial charge in [0.1, 0.15) is 24.7 Å². The summed E-state index contributed by atoms with van der Waals surface area (Å²) >= 11 is 0. The smallest absolute Gasteiger partial charge is 0.306 e. The molecule has 238 valence electrons. The Kier molecular flexibility index (Phi) is 15.3. The van der Waals surface area contributed by atoms with Gasteiger partial charge in [-0.25, -0.2) is 0 Å². The Morgan fingerprint density at radius 3 is 1.32 bits per heavy atom. The van der Waals surface area contributed by atoms with Gasteiger partial charge in [-0.2, -0.15) is 0 Å². The van der Waals surface area contributed by atoms with Gasteiger partial charge in [0, 0.05) is 34.4 Å². The number of ether oxygens (including phenoxy) is 6. The molecule has 0 saturated heterocycles. The third kappa shape index (κ3) is 10.7. The second-order valence-electron chi connectivity index (χ2n) is 10.5. The van der Waals surface area contributed by atoms with Crippen molar-refractivity contribution in [2.45, 2.75) is 64.6 Å². The van der Waals surface area contributed by atoms with Crippen molar-refractivity contribution in [2.75, 3.05) is 39.6 Å². The molecule has 8 nitrogen and oxygen atoms in total. The van der Waals surface area contributed by atoms with Crippen LogP contribution in [0, 0.1) is 0 Å². The van der Waals surface area contributed by atoms with Gasteiger partial charge in [0.05, 0.1) is 26.4 Å². The molecule has 44 heavy (non-hydrogen) atoms. The highest BCUT2D eigenvalue weighted by atomic mass is 16.6. The molecule has 2 unspecified atom stereocenters. The first kappa shape index (κ1) is 34.6. The standard InChI is InChI=1S/C36H46O8/c1-5-9-19-33(37)43-27(23-39-21-7-3)25-41-35-29-15-11-13-17-31(29)36(32-18-14-12-16-30(32)35)42-26-28(24-40-22-8-4)44-34(38)20-10-6-2/h7-8,11-18,27-28H,3-6,9-10,19-26H2,1-2H3. The fourth-order valence-electron chi connectivity index (χ4n) is 4.64. The lowest BCUT2D eigenvalue weighted by atomic mass is 10.0. The molecule has 0 aliphatic carbocycles. The Morgan fingerprint density at radius 1 is 0.636 bits per heavy atom. The molecule has 0 radical (unpaired) electrons. The van der Waals surface area contributed by atoms with Crippen molar-refractivity contribution in [3.63, 3.8) is 0 Å². The van der Waals surface area contributed by atoms with Crippen LogP contribution >= 0.6 is 0 Å². The second-order valence-corrected chi connectivity index (χ2v) is 10.5. The summed E-state index contributed by atoms with van der Waals surface area (Å²) in [6, 6.07) is 15.6. The Bertz CT molecular complexity index is 1190. The highest BCUT2D eigenvalue weighted by Crippen LogP contribution is 2.42. The number of hydrogen-bond acceptors (Lipinski definition) is 8. The lowest BCUT2D eigenvalue weighted by Crippen LogP contribution is -2.30. The molecule has 8 heteroatoms. The second kappa shape index (κ2) is 19.4. The van der Waals surface area contributed by atoms with Crippen LogP contribution in [0.5, 0.6) is 11.5 Å². The Morgan fingerprint density at radius 2 is 1.00 bits per heavy atom. The zero-order valence-electron chi connectivity index (χ0n) is 26.1. The van der Waals surface area contributed by atoms with Gasteiger partial charge >= 0.3 is 11.9 Å². The van der Waals surface area contributed by atoms with Crippen molar-refractivity contribution in [2.24, 2.45) is 0 Å². The average Bonchev–Trinajstić information content (AvgIpc) is 3.04. The van der Waals surface area contributed by atoms with E-state index < -0.39 is 12.2 Å². The Balaban J connectivity index is 1.90. The largest absolute Gasteiger partial charge is 0.488 e. The fraction of sp³-hybridized carbons (Fsp3) is 0.444. The number of rotatable bonds is 22. The van der Waals surface area contributed by atoms with E-state index in [1.54, 1.807) is 12.2 Å². The minimum Gasteiger partial charge on any atom is -0.488 e. The van der Waals surface area contributed by atoms with Crippen molar-refractivity contribution >= 4 is 33.5 Å². The summed E-state index contributed by atoms with van der Waals surface area (Å²) in [6.07, 6.45) is 6.14. The molecule has 0 amide bonds. The van der Waals surface area contributed by atoms with E-state index in [2.05, 4.69) is 13.2 Å². The predicted molar refractivity (Wildman–Crippen MR) is 173 cm³/mol. The van der Waals surface area contributed by atoms with E-state index in [9.17, 15) is 9.59 Å². The monoisotopic (exact) mass is 606 g/mol. The van der Waals surface area contributed by atoms with Crippen molar-refractivity contribution in [3.05, 3.63) is 73.8 Å². The van der Waals surface area contributed by atoms with Crippen LogP contribution in [0.4, 0.5) is 0 Å². The number of carbonyl (C=O) groups is 2. The van der Waals surface area contributed by atoms with E-state index >= 15 is 0 Å². The van der Waals surface area contributed by atoms with Crippen LogP contribution < -0.4 is 9.47 Å². The highest BCUT2D eigenvalue weighted by Gasteiger charge is 2.22. The number of hydrogen-bond donors (Lipinski definition) is 0. The lowest BCUT2D eigenvalue weighted by Gasteiger charge is -2.23. The number of carbonyl (C=O) groups excluding carboxylic acids is 2.